The van der Waals surface area contributed by atoms with Gasteiger partial charge in [0, 0.05) is 44.8 Å². The van der Waals surface area contributed by atoms with E-state index >= 15 is 0 Å². The molecule has 1 radical (unpaired) electrons. The molecule has 0 fully saturated rings. The Morgan fingerprint density at radius 1 is 0.960 bits per heavy atom. The van der Waals surface area contributed by atoms with Gasteiger partial charge in [0.15, 0.2) is 0 Å². The third-order valence-electron chi connectivity index (χ3n) is 3.25. The summed E-state index contributed by atoms with van der Waals surface area (Å²) in [6.45, 7) is 0. The van der Waals surface area contributed by atoms with Crippen LogP contribution in [-0.2, 0) is 42.8 Å². The van der Waals surface area contributed by atoms with Crippen LogP contribution in [0.3, 0.4) is 0 Å². The number of carbonyl (C=O) groups excluding carboxylic acids is 1. The van der Waals surface area contributed by atoms with Crippen molar-refractivity contribution in [2.24, 2.45) is 0 Å². The maximum absolute atomic E-state index is 12.5. The fourth-order valence-corrected chi connectivity index (χ4v) is 2.73. The van der Waals surface area contributed by atoms with Gasteiger partial charge < -0.3 is 19.7 Å². The SMILES string of the molecule is COc1ccc(C(=O)c2cc(S(=O)(=O)O)c(OC)cc2O)c(O)c1.[Y]. The second kappa shape index (κ2) is 8.14. The first-order valence-corrected chi connectivity index (χ1v) is 7.93. The molecule has 0 aliphatic rings. The number of carbonyl (C=O) groups is 1. The van der Waals surface area contributed by atoms with Gasteiger partial charge in [-0.3, -0.25) is 9.35 Å². The van der Waals surface area contributed by atoms with Crippen molar-refractivity contribution in [1.82, 2.24) is 0 Å². The summed E-state index contributed by atoms with van der Waals surface area (Å²) in [6, 6.07) is 5.52. The van der Waals surface area contributed by atoms with Gasteiger partial charge in [-0.2, -0.15) is 8.42 Å². The average Bonchev–Trinajstić information content (AvgIpc) is 2.52. The first kappa shape index (κ1) is 21.4. The molecule has 2 rings (SSSR count). The summed E-state index contributed by atoms with van der Waals surface area (Å²) in [6.07, 6.45) is 0. The maximum Gasteiger partial charge on any atom is 0.298 e. The van der Waals surface area contributed by atoms with E-state index in [1.807, 2.05) is 0 Å². The molecule has 2 aromatic rings. The van der Waals surface area contributed by atoms with Gasteiger partial charge >= 0.3 is 0 Å². The normalized spacial score (nSPS) is 10.7. The molecule has 0 heterocycles. The molecule has 25 heavy (non-hydrogen) atoms. The van der Waals surface area contributed by atoms with Crippen molar-refractivity contribution in [3.05, 3.63) is 41.5 Å². The number of hydrogen-bond donors (Lipinski definition) is 3. The van der Waals surface area contributed by atoms with Gasteiger partial charge in [-0.05, 0) is 18.2 Å². The predicted octanol–water partition coefficient (Wildman–Crippen LogP) is 1.59. The number of rotatable bonds is 5. The molecule has 2 aromatic carbocycles. The Balaban J connectivity index is 0.00000312. The van der Waals surface area contributed by atoms with E-state index < -0.39 is 37.9 Å². The molecule has 10 heteroatoms. The van der Waals surface area contributed by atoms with Gasteiger partial charge in [0.25, 0.3) is 10.1 Å². The second-order valence-corrected chi connectivity index (χ2v) is 6.10. The van der Waals surface area contributed by atoms with Gasteiger partial charge in [0.05, 0.1) is 25.3 Å². The molecule has 0 unspecified atom stereocenters. The summed E-state index contributed by atoms with van der Waals surface area (Å²) in [7, 11) is -2.17. The molecule has 0 saturated heterocycles. The van der Waals surface area contributed by atoms with Crippen LogP contribution in [-0.4, -0.2) is 43.2 Å². The van der Waals surface area contributed by atoms with Crippen LogP contribution in [0.5, 0.6) is 23.0 Å². The van der Waals surface area contributed by atoms with Crippen molar-refractivity contribution < 1.29 is 70.2 Å². The van der Waals surface area contributed by atoms with E-state index in [1.165, 1.54) is 25.3 Å². The minimum Gasteiger partial charge on any atom is -0.507 e. The number of benzene rings is 2. The summed E-state index contributed by atoms with van der Waals surface area (Å²) in [5.41, 5.74) is -0.610. The smallest absolute Gasteiger partial charge is 0.298 e. The van der Waals surface area contributed by atoms with Gasteiger partial charge in [-0.25, -0.2) is 0 Å². The van der Waals surface area contributed by atoms with Crippen LogP contribution in [0.1, 0.15) is 15.9 Å². The largest absolute Gasteiger partial charge is 0.507 e. The third kappa shape index (κ3) is 4.49. The number of phenols is 2. The van der Waals surface area contributed by atoms with E-state index in [1.54, 1.807) is 0 Å². The minimum atomic E-state index is -4.69. The molecule has 0 aliphatic carbocycles. The van der Waals surface area contributed by atoms with Gasteiger partial charge in [-0.15, -0.1) is 0 Å². The molecule has 0 spiro atoms. The molecule has 131 valence electrons. The van der Waals surface area contributed by atoms with E-state index in [0.29, 0.717) is 5.75 Å². The molecule has 0 aromatic heterocycles. The minimum absolute atomic E-state index is 0. The third-order valence-corrected chi connectivity index (χ3v) is 4.13. The van der Waals surface area contributed by atoms with Crippen molar-refractivity contribution in [3.8, 4) is 23.0 Å². The Morgan fingerprint density at radius 2 is 1.56 bits per heavy atom. The zero-order valence-electron chi connectivity index (χ0n) is 13.3. The molecular weight excluding hydrogens is 429 g/mol. The number of ketones is 1. The molecule has 0 bridgehead atoms. The van der Waals surface area contributed by atoms with Gasteiger partial charge in [0.2, 0.25) is 5.78 Å². The first-order chi connectivity index (χ1) is 11.2. The zero-order valence-corrected chi connectivity index (χ0v) is 16.9. The van der Waals surface area contributed by atoms with Crippen LogP contribution >= 0.6 is 0 Å². The van der Waals surface area contributed by atoms with E-state index in [9.17, 15) is 28.0 Å². The molecule has 0 atom stereocenters. The van der Waals surface area contributed by atoms with Gasteiger partial charge in [-0.1, -0.05) is 0 Å². The van der Waals surface area contributed by atoms with E-state index in [2.05, 4.69) is 0 Å². The van der Waals surface area contributed by atoms with Gasteiger partial charge in [0.1, 0.15) is 27.9 Å². The van der Waals surface area contributed by atoms with Crippen molar-refractivity contribution in [2.45, 2.75) is 4.90 Å². The van der Waals surface area contributed by atoms with Crippen LogP contribution in [0.25, 0.3) is 0 Å². The summed E-state index contributed by atoms with van der Waals surface area (Å²) in [5, 5.41) is 19.9. The van der Waals surface area contributed by atoms with Crippen molar-refractivity contribution in [2.75, 3.05) is 14.2 Å². The predicted molar refractivity (Wildman–Crippen MR) is 82.6 cm³/mol. The van der Waals surface area contributed by atoms with Crippen molar-refractivity contribution in [3.63, 3.8) is 0 Å². The molecule has 0 saturated carbocycles. The summed E-state index contributed by atoms with van der Waals surface area (Å²) >= 11 is 0. The van der Waals surface area contributed by atoms with Crippen LogP contribution in [0.15, 0.2) is 35.2 Å². The van der Waals surface area contributed by atoms with Crippen LogP contribution in [0.4, 0.5) is 0 Å². The number of phenolic OH excluding ortho intramolecular Hbond substituents is 2. The maximum atomic E-state index is 12.5. The van der Waals surface area contributed by atoms with Crippen molar-refractivity contribution in [1.29, 1.82) is 0 Å². The Kier molecular flexibility index (Phi) is 6.95. The molecule has 3 N–H and O–H groups in total. The van der Waals surface area contributed by atoms with Crippen LogP contribution < -0.4 is 9.47 Å². The summed E-state index contributed by atoms with van der Waals surface area (Å²) < 4.78 is 41.7. The Morgan fingerprint density at radius 3 is 2.04 bits per heavy atom. The molecule has 0 amide bonds. The second-order valence-electron chi connectivity index (χ2n) is 4.71. The fraction of sp³-hybridized carbons (Fsp3) is 0.133. The number of hydrogen-bond acceptors (Lipinski definition) is 7. The standard InChI is InChI=1S/C15H14O8S.Y/c1-22-8-3-4-9(11(16)5-8)15(18)10-6-14(24(19,20)21)13(23-2)7-12(10)17;/h3-7,16-17H,1-2H3,(H,19,20,21);. The van der Waals surface area contributed by atoms with Crippen LogP contribution in [0.2, 0.25) is 0 Å². The number of aromatic hydroxyl groups is 2. The monoisotopic (exact) mass is 443 g/mol. The molecular formula is C15H14O8SY. The number of methoxy groups -OCH3 is 2. The fourth-order valence-electron chi connectivity index (χ4n) is 2.07. The summed E-state index contributed by atoms with van der Waals surface area (Å²) in [4.78, 5) is 11.8. The first-order valence-electron chi connectivity index (χ1n) is 6.49. The Labute approximate surface area is 169 Å². The topological polar surface area (TPSA) is 130 Å². The molecule has 8 nitrogen and oxygen atoms in total. The molecule has 0 aliphatic heterocycles. The Bertz CT molecular complexity index is 908. The van der Waals surface area contributed by atoms with Crippen LogP contribution in [0, 0.1) is 0 Å². The quantitative estimate of drug-likeness (QED) is 0.469. The summed E-state index contributed by atoms with van der Waals surface area (Å²) in [5.74, 6) is -1.85. The Hall–Kier alpha value is -1.68. The van der Waals surface area contributed by atoms with E-state index in [0.717, 1.165) is 19.2 Å². The number of ether oxygens (including phenoxy) is 2. The van der Waals surface area contributed by atoms with E-state index in [-0.39, 0.29) is 44.0 Å². The zero-order chi connectivity index (χ0) is 18.1. The van der Waals surface area contributed by atoms with E-state index in [4.69, 9.17) is 9.47 Å². The van der Waals surface area contributed by atoms with Crippen molar-refractivity contribution >= 4 is 15.9 Å². The average molecular weight is 443 g/mol.